The molecule has 0 atom stereocenters. The predicted octanol–water partition coefficient (Wildman–Crippen LogP) is 3.40. The molecule has 0 aliphatic heterocycles. The Labute approximate surface area is 107 Å². The Bertz CT molecular complexity index is 509. The Morgan fingerprint density at radius 3 is 2.65 bits per heavy atom. The van der Waals surface area contributed by atoms with Crippen LogP contribution < -0.4 is 5.73 Å². The molecule has 0 amide bonds. The van der Waals surface area contributed by atoms with E-state index < -0.39 is 0 Å². The van der Waals surface area contributed by atoms with Crippen molar-refractivity contribution in [3.8, 4) is 10.6 Å². The Morgan fingerprint density at radius 2 is 2.00 bits per heavy atom. The van der Waals surface area contributed by atoms with Gasteiger partial charge >= 0.3 is 0 Å². The van der Waals surface area contributed by atoms with Crippen LogP contribution in [0, 0.1) is 6.92 Å². The number of nitrogens with two attached hydrogens (primary N) is 1. The van der Waals surface area contributed by atoms with Crippen molar-refractivity contribution in [1.82, 2.24) is 4.98 Å². The lowest BCUT2D eigenvalue weighted by Crippen LogP contribution is -2.34. The molecule has 1 aromatic carbocycles. The van der Waals surface area contributed by atoms with Crippen LogP contribution in [0.3, 0.4) is 0 Å². The maximum Gasteiger partial charge on any atom is 0.123 e. The summed E-state index contributed by atoms with van der Waals surface area (Å²) < 4.78 is 0. The van der Waals surface area contributed by atoms with Gasteiger partial charge in [0.05, 0.1) is 5.69 Å². The van der Waals surface area contributed by atoms with E-state index in [1.54, 1.807) is 11.3 Å². The van der Waals surface area contributed by atoms with Crippen molar-refractivity contribution in [1.29, 1.82) is 0 Å². The van der Waals surface area contributed by atoms with Crippen LogP contribution in [-0.2, 0) is 6.42 Å². The quantitative estimate of drug-likeness (QED) is 0.901. The highest BCUT2D eigenvalue weighted by atomic mass is 32.1. The molecule has 1 heterocycles. The molecule has 0 saturated carbocycles. The van der Waals surface area contributed by atoms with E-state index in [-0.39, 0.29) is 5.54 Å². The normalized spacial score (nSPS) is 11.8. The third kappa shape index (κ3) is 3.14. The largest absolute Gasteiger partial charge is 0.325 e. The molecular weight excluding hydrogens is 228 g/mol. The van der Waals surface area contributed by atoms with Gasteiger partial charge in [0.1, 0.15) is 5.01 Å². The van der Waals surface area contributed by atoms with E-state index in [9.17, 15) is 0 Å². The Kier molecular flexibility index (Phi) is 3.31. The number of aryl methyl sites for hydroxylation is 1. The Balaban J connectivity index is 2.28. The van der Waals surface area contributed by atoms with E-state index in [1.807, 2.05) is 13.8 Å². The van der Waals surface area contributed by atoms with Crippen LogP contribution in [0.5, 0.6) is 0 Å². The summed E-state index contributed by atoms with van der Waals surface area (Å²) in [7, 11) is 0. The van der Waals surface area contributed by atoms with Gasteiger partial charge in [-0.15, -0.1) is 11.3 Å². The van der Waals surface area contributed by atoms with Crippen molar-refractivity contribution < 1.29 is 0 Å². The third-order valence-electron chi connectivity index (χ3n) is 2.56. The topological polar surface area (TPSA) is 38.9 Å². The third-order valence-corrected chi connectivity index (χ3v) is 3.49. The van der Waals surface area contributed by atoms with Crippen molar-refractivity contribution in [2.45, 2.75) is 32.7 Å². The minimum atomic E-state index is -0.197. The van der Waals surface area contributed by atoms with Crippen LogP contribution >= 0.6 is 11.3 Å². The molecule has 2 nitrogen and oxygen atoms in total. The van der Waals surface area contributed by atoms with Crippen LogP contribution in [0.2, 0.25) is 0 Å². The van der Waals surface area contributed by atoms with E-state index in [2.05, 4.69) is 41.6 Å². The summed E-state index contributed by atoms with van der Waals surface area (Å²) in [4.78, 5) is 4.67. The number of hydrogen-bond acceptors (Lipinski definition) is 3. The zero-order valence-electron chi connectivity index (χ0n) is 10.5. The second kappa shape index (κ2) is 4.59. The lowest BCUT2D eigenvalue weighted by molar-refractivity contribution is 0.511. The summed E-state index contributed by atoms with van der Waals surface area (Å²) in [6, 6.07) is 8.33. The molecule has 17 heavy (non-hydrogen) atoms. The van der Waals surface area contributed by atoms with Crippen LogP contribution in [0.15, 0.2) is 29.6 Å². The first kappa shape index (κ1) is 12.3. The molecule has 90 valence electrons. The van der Waals surface area contributed by atoms with Crippen molar-refractivity contribution >= 4 is 11.3 Å². The van der Waals surface area contributed by atoms with Crippen molar-refractivity contribution in [2.24, 2.45) is 5.73 Å². The molecule has 0 spiro atoms. The molecular formula is C14H18N2S. The summed E-state index contributed by atoms with van der Waals surface area (Å²) in [5.74, 6) is 0. The van der Waals surface area contributed by atoms with Gasteiger partial charge in [-0.25, -0.2) is 4.98 Å². The first-order valence-corrected chi connectivity index (χ1v) is 6.63. The van der Waals surface area contributed by atoms with Gasteiger partial charge < -0.3 is 5.73 Å². The Morgan fingerprint density at radius 1 is 1.29 bits per heavy atom. The monoisotopic (exact) mass is 246 g/mol. The molecule has 0 bridgehead atoms. The van der Waals surface area contributed by atoms with Gasteiger partial charge in [-0.2, -0.15) is 0 Å². The van der Waals surface area contributed by atoms with E-state index in [4.69, 9.17) is 5.73 Å². The van der Waals surface area contributed by atoms with E-state index >= 15 is 0 Å². The average molecular weight is 246 g/mol. The number of thiazole rings is 1. The smallest absolute Gasteiger partial charge is 0.123 e. The summed E-state index contributed by atoms with van der Waals surface area (Å²) in [6.07, 6.45) is 0.815. The number of rotatable bonds is 3. The van der Waals surface area contributed by atoms with E-state index in [0.717, 1.165) is 17.1 Å². The van der Waals surface area contributed by atoms with Crippen LogP contribution in [0.4, 0.5) is 0 Å². The van der Waals surface area contributed by atoms with Gasteiger partial charge in [0, 0.05) is 22.9 Å². The molecule has 0 aliphatic rings. The Hall–Kier alpha value is -1.19. The number of aromatic nitrogens is 1. The van der Waals surface area contributed by atoms with Crippen LogP contribution in [0.25, 0.3) is 10.6 Å². The molecule has 3 heteroatoms. The second-order valence-corrected chi connectivity index (χ2v) is 5.98. The summed E-state index contributed by atoms with van der Waals surface area (Å²) in [6.45, 7) is 6.17. The molecule has 0 unspecified atom stereocenters. The maximum atomic E-state index is 6.01. The molecule has 0 saturated heterocycles. The number of hydrogen-bond donors (Lipinski definition) is 1. The second-order valence-electron chi connectivity index (χ2n) is 5.12. The summed E-state index contributed by atoms with van der Waals surface area (Å²) >= 11 is 1.69. The first-order valence-electron chi connectivity index (χ1n) is 5.75. The fourth-order valence-electron chi connectivity index (χ4n) is 1.79. The summed E-state index contributed by atoms with van der Waals surface area (Å²) in [5.41, 5.74) is 9.38. The molecule has 2 rings (SSSR count). The van der Waals surface area contributed by atoms with Gasteiger partial charge in [-0.05, 0) is 26.3 Å². The standard InChI is InChI=1S/C14H18N2S/c1-10-6-4-5-7-12(10)13-16-11(9-17-13)8-14(2,3)15/h4-7,9H,8,15H2,1-3H3. The number of nitrogens with zero attached hydrogens (tertiary/aromatic N) is 1. The van der Waals surface area contributed by atoms with Gasteiger partial charge in [0.25, 0.3) is 0 Å². The predicted molar refractivity (Wildman–Crippen MR) is 74.3 cm³/mol. The first-order chi connectivity index (χ1) is 7.96. The van der Waals surface area contributed by atoms with Crippen molar-refractivity contribution in [2.75, 3.05) is 0 Å². The molecule has 0 aliphatic carbocycles. The van der Waals surface area contributed by atoms with Crippen molar-refractivity contribution in [3.63, 3.8) is 0 Å². The molecule has 1 aromatic heterocycles. The molecule has 2 N–H and O–H groups in total. The lowest BCUT2D eigenvalue weighted by Gasteiger charge is -2.16. The minimum Gasteiger partial charge on any atom is -0.325 e. The molecule has 0 radical (unpaired) electrons. The fraction of sp³-hybridized carbons (Fsp3) is 0.357. The van der Waals surface area contributed by atoms with Crippen molar-refractivity contribution in [3.05, 3.63) is 40.9 Å². The maximum absolute atomic E-state index is 6.01. The zero-order chi connectivity index (χ0) is 12.5. The van der Waals surface area contributed by atoms with Gasteiger partial charge in [0.2, 0.25) is 0 Å². The average Bonchev–Trinajstić information content (AvgIpc) is 2.64. The van der Waals surface area contributed by atoms with E-state index in [1.165, 1.54) is 11.1 Å². The highest BCUT2D eigenvalue weighted by molar-refractivity contribution is 7.13. The molecule has 0 fully saturated rings. The minimum absolute atomic E-state index is 0.197. The number of benzene rings is 1. The fourth-order valence-corrected chi connectivity index (χ4v) is 2.70. The highest BCUT2D eigenvalue weighted by Gasteiger charge is 2.15. The van der Waals surface area contributed by atoms with Crippen LogP contribution in [-0.4, -0.2) is 10.5 Å². The lowest BCUT2D eigenvalue weighted by atomic mass is 10.0. The van der Waals surface area contributed by atoms with Gasteiger partial charge in [-0.3, -0.25) is 0 Å². The van der Waals surface area contributed by atoms with Gasteiger partial charge in [-0.1, -0.05) is 24.3 Å². The van der Waals surface area contributed by atoms with E-state index in [0.29, 0.717) is 0 Å². The van der Waals surface area contributed by atoms with Crippen LogP contribution in [0.1, 0.15) is 25.1 Å². The highest BCUT2D eigenvalue weighted by Crippen LogP contribution is 2.27. The summed E-state index contributed by atoms with van der Waals surface area (Å²) in [5, 5.41) is 3.19. The van der Waals surface area contributed by atoms with Gasteiger partial charge in [0.15, 0.2) is 0 Å². The zero-order valence-corrected chi connectivity index (χ0v) is 11.3. The SMILES string of the molecule is Cc1ccccc1-c1nc(CC(C)(C)N)cs1. The molecule has 2 aromatic rings.